The fourth-order valence-electron chi connectivity index (χ4n) is 1.44. The lowest BCUT2D eigenvalue weighted by Gasteiger charge is -2.19. The molecule has 0 bridgehead atoms. The highest BCUT2D eigenvalue weighted by Crippen LogP contribution is 2.27. The summed E-state index contributed by atoms with van der Waals surface area (Å²) >= 11 is 0. The number of hydrogen-bond donors (Lipinski definition) is 3. The van der Waals surface area contributed by atoms with Gasteiger partial charge in [0.2, 0.25) is 0 Å². The summed E-state index contributed by atoms with van der Waals surface area (Å²) in [6, 6.07) is 0.886. The zero-order chi connectivity index (χ0) is 10.3. The molecule has 1 aromatic heterocycles. The molecule has 1 aromatic rings. The highest BCUT2D eigenvalue weighted by atomic mass is 16.3. The Labute approximate surface area is 78.4 Å². The number of aromatic hydroxyl groups is 2. The highest BCUT2D eigenvalue weighted by molar-refractivity contribution is 5.96. The molecule has 6 heteroatoms. The molecule has 6 nitrogen and oxygen atoms in total. The second kappa shape index (κ2) is 2.76. The van der Waals surface area contributed by atoms with Crippen LogP contribution in [0.2, 0.25) is 0 Å². The largest absolute Gasteiger partial charge is 0.504 e. The average molecular weight is 196 g/mol. The maximum absolute atomic E-state index is 11.3. The van der Waals surface area contributed by atoms with Gasteiger partial charge >= 0.3 is 0 Å². The fraction of sp³-hybridized carbons (Fsp3) is 0.250. The third-order valence-corrected chi connectivity index (χ3v) is 2.10. The van der Waals surface area contributed by atoms with Crippen LogP contribution in [0.25, 0.3) is 0 Å². The second-order valence-electron chi connectivity index (χ2n) is 2.97. The van der Waals surface area contributed by atoms with Crippen LogP contribution in [0.15, 0.2) is 10.9 Å². The minimum atomic E-state index is -0.571. The molecule has 0 aromatic carbocycles. The lowest BCUT2D eigenvalue weighted by Crippen LogP contribution is -2.40. The molecule has 14 heavy (non-hydrogen) atoms. The molecule has 2 heterocycles. The van der Waals surface area contributed by atoms with Gasteiger partial charge in [0, 0.05) is 19.2 Å². The van der Waals surface area contributed by atoms with E-state index in [2.05, 4.69) is 5.32 Å². The SMILES string of the molecule is O=C1NCCn2c1c(O)c(O)cc2=O. The van der Waals surface area contributed by atoms with Gasteiger partial charge in [0.1, 0.15) is 0 Å². The van der Waals surface area contributed by atoms with Crippen LogP contribution in [0.1, 0.15) is 10.5 Å². The standard InChI is InChI=1S/C8H8N2O4/c11-4-3-5(12)10-2-1-9-8(14)6(10)7(4)13/h3,11,13H,1-2H2,(H,9,14). The smallest absolute Gasteiger partial charge is 0.272 e. The first-order valence-electron chi connectivity index (χ1n) is 4.05. The first-order valence-corrected chi connectivity index (χ1v) is 4.05. The summed E-state index contributed by atoms with van der Waals surface area (Å²) in [5.41, 5.74) is -0.675. The Morgan fingerprint density at radius 2 is 2.07 bits per heavy atom. The van der Waals surface area contributed by atoms with Crippen molar-refractivity contribution in [1.29, 1.82) is 0 Å². The summed E-state index contributed by atoms with van der Waals surface area (Å²) in [6.07, 6.45) is 0. The summed E-state index contributed by atoms with van der Waals surface area (Å²) in [7, 11) is 0. The Morgan fingerprint density at radius 1 is 1.36 bits per heavy atom. The minimum absolute atomic E-state index is 0.179. The molecule has 0 saturated carbocycles. The Bertz CT molecular complexity index is 463. The van der Waals surface area contributed by atoms with E-state index in [9.17, 15) is 14.7 Å². The van der Waals surface area contributed by atoms with Gasteiger partial charge in [-0.25, -0.2) is 0 Å². The molecule has 1 amide bonds. The van der Waals surface area contributed by atoms with Gasteiger partial charge in [-0.15, -0.1) is 0 Å². The molecule has 1 aliphatic heterocycles. The van der Waals surface area contributed by atoms with E-state index in [0.29, 0.717) is 13.1 Å². The van der Waals surface area contributed by atoms with Crippen molar-refractivity contribution in [3.63, 3.8) is 0 Å². The Balaban J connectivity index is 2.80. The quantitative estimate of drug-likeness (QED) is 0.496. The number of carbonyl (C=O) groups is 1. The lowest BCUT2D eigenvalue weighted by atomic mass is 10.2. The molecular formula is C8H8N2O4. The van der Waals surface area contributed by atoms with Crippen molar-refractivity contribution in [3.05, 3.63) is 22.1 Å². The number of pyridine rings is 1. The number of amides is 1. The Kier molecular flexibility index (Phi) is 1.70. The molecule has 0 fully saturated rings. The van der Waals surface area contributed by atoms with Crippen LogP contribution in [0.3, 0.4) is 0 Å². The van der Waals surface area contributed by atoms with Crippen molar-refractivity contribution in [2.24, 2.45) is 0 Å². The molecule has 0 spiro atoms. The summed E-state index contributed by atoms with van der Waals surface area (Å²) in [5.74, 6) is -1.68. The number of carbonyl (C=O) groups excluding carboxylic acids is 1. The maximum Gasteiger partial charge on any atom is 0.272 e. The van der Waals surface area contributed by atoms with Gasteiger partial charge in [0.15, 0.2) is 17.2 Å². The van der Waals surface area contributed by atoms with E-state index in [0.717, 1.165) is 10.6 Å². The van der Waals surface area contributed by atoms with Crippen molar-refractivity contribution in [1.82, 2.24) is 9.88 Å². The topological polar surface area (TPSA) is 91.6 Å². The number of fused-ring (bicyclic) bond motifs is 1. The van der Waals surface area contributed by atoms with Crippen molar-refractivity contribution >= 4 is 5.91 Å². The molecule has 0 saturated heterocycles. The number of nitrogens with one attached hydrogen (secondary N) is 1. The molecule has 2 rings (SSSR count). The van der Waals surface area contributed by atoms with Crippen LogP contribution in [0, 0.1) is 0 Å². The molecule has 0 aliphatic carbocycles. The van der Waals surface area contributed by atoms with E-state index in [1.165, 1.54) is 0 Å². The number of aromatic nitrogens is 1. The van der Waals surface area contributed by atoms with E-state index in [1.807, 2.05) is 0 Å². The van der Waals surface area contributed by atoms with Gasteiger partial charge < -0.3 is 15.5 Å². The first kappa shape index (κ1) is 8.61. The van der Waals surface area contributed by atoms with Gasteiger partial charge in [-0.2, -0.15) is 0 Å². The van der Waals surface area contributed by atoms with E-state index >= 15 is 0 Å². The minimum Gasteiger partial charge on any atom is -0.504 e. The number of hydrogen-bond acceptors (Lipinski definition) is 4. The maximum atomic E-state index is 11.3. The second-order valence-corrected chi connectivity index (χ2v) is 2.97. The summed E-state index contributed by atoms with van der Waals surface area (Å²) in [5, 5.41) is 21.0. The fourth-order valence-corrected chi connectivity index (χ4v) is 1.44. The van der Waals surface area contributed by atoms with Crippen LogP contribution in [-0.4, -0.2) is 27.2 Å². The molecule has 0 unspecified atom stereocenters. The number of rotatable bonds is 0. The molecule has 0 radical (unpaired) electrons. The van der Waals surface area contributed by atoms with Crippen LogP contribution in [0.4, 0.5) is 0 Å². The summed E-state index contributed by atoms with van der Waals surface area (Å²) < 4.78 is 1.13. The Morgan fingerprint density at radius 3 is 2.79 bits per heavy atom. The van der Waals surface area contributed by atoms with E-state index in [4.69, 9.17) is 5.11 Å². The zero-order valence-electron chi connectivity index (χ0n) is 7.15. The average Bonchev–Trinajstić information content (AvgIpc) is 2.14. The van der Waals surface area contributed by atoms with Gasteiger partial charge in [0.05, 0.1) is 0 Å². The third kappa shape index (κ3) is 1.04. The van der Waals surface area contributed by atoms with Crippen molar-refractivity contribution in [2.45, 2.75) is 6.54 Å². The van der Waals surface area contributed by atoms with Crippen molar-refractivity contribution < 1.29 is 15.0 Å². The zero-order valence-corrected chi connectivity index (χ0v) is 7.15. The van der Waals surface area contributed by atoms with Gasteiger partial charge in [-0.05, 0) is 0 Å². The van der Waals surface area contributed by atoms with Crippen LogP contribution >= 0.6 is 0 Å². The molecule has 0 atom stereocenters. The van der Waals surface area contributed by atoms with Crippen molar-refractivity contribution in [2.75, 3.05) is 6.54 Å². The molecule has 3 N–H and O–H groups in total. The number of nitrogens with zero attached hydrogens (tertiary/aromatic N) is 1. The summed E-state index contributed by atoms with van der Waals surface area (Å²) in [6.45, 7) is 0.643. The first-order chi connectivity index (χ1) is 6.61. The van der Waals surface area contributed by atoms with Crippen LogP contribution < -0.4 is 10.9 Å². The van der Waals surface area contributed by atoms with Crippen LogP contribution in [0.5, 0.6) is 11.5 Å². The monoisotopic (exact) mass is 196 g/mol. The molecule has 74 valence electrons. The normalized spacial score (nSPS) is 14.7. The van der Waals surface area contributed by atoms with Gasteiger partial charge in [0.25, 0.3) is 11.5 Å². The third-order valence-electron chi connectivity index (χ3n) is 2.10. The van der Waals surface area contributed by atoms with Crippen LogP contribution in [-0.2, 0) is 6.54 Å². The van der Waals surface area contributed by atoms with E-state index in [1.54, 1.807) is 0 Å². The van der Waals surface area contributed by atoms with E-state index < -0.39 is 23.0 Å². The summed E-state index contributed by atoms with van der Waals surface area (Å²) in [4.78, 5) is 22.6. The lowest BCUT2D eigenvalue weighted by molar-refractivity contribution is 0.0920. The Hall–Kier alpha value is -1.98. The van der Waals surface area contributed by atoms with Gasteiger partial charge in [-0.3, -0.25) is 14.2 Å². The molecular weight excluding hydrogens is 188 g/mol. The predicted octanol–water partition coefficient (Wildman–Crippen LogP) is -0.997. The van der Waals surface area contributed by atoms with Crippen molar-refractivity contribution in [3.8, 4) is 11.5 Å². The predicted molar refractivity (Wildman–Crippen MR) is 46.4 cm³/mol. The van der Waals surface area contributed by atoms with E-state index in [-0.39, 0.29) is 5.69 Å². The molecule has 1 aliphatic rings. The highest BCUT2D eigenvalue weighted by Gasteiger charge is 2.23. The van der Waals surface area contributed by atoms with Gasteiger partial charge in [-0.1, -0.05) is 0 Å².